The van der Waals surface area contributed by atoms with Crippen molar-refractivity contribution < 1.29 is 4.74 Å². The van der Waals surface area contributed by atoms with Crippen molar-refractivity contribution in [1.29, 1.82) is 0 Å². The van der Waals surface area contributed by atoms with Crippen LogP contribution in [0.25, 0.3) is 0 Å². The molecule has 1 aromatic carbocycles. The van der Waals surface area contributed by atoms with Crippen molar-refractivity contribution in [3.63, 3.8) is 0 Å². The zero-order valence-electron chi connectivity index (χ0n) is 10.9. The van der Waals surface area contributed by atoms with E-state index in [2.05, 4.69) is 45.3 Å². The topological polar surface area (TPSA) is 34.1 Å². The Balaban J connectivity index is 1.82. The lowest BCUT2D eigenvalue weighted by molar-refractivity contribution is 0.107. The summed E-state index contributed by atoms with van der Waals surface area (Å²) in [4.78, 5) is 4.31. The fourth-order valence-corrected chi connectivity index (χ4v) is 2.16. The number of hydrogen-bond donors (Lipinski definition) is 1. The number of ether oxygens (including phenoxy) is 1. The lowest BCUT2D eigenvalue weighted by Crippen LogP contribution is -2.00. The van der Waals surface area contributed by atoms with Crippen molar-refractivity contribution in [3.8, 4) is 0 Å². The molecule has 3 nitrogen and oxygen atoms in total. The molecule has 0 saturated carbocycles. The van der Waals surface area contributed by atoms with Crippen LogP contribution < -0.4 is 5.32 Å². The zero-order valence-corrected chi connectivity index (χ0v) is 12.5. The molecule has 2 rings (SSSR count). The Kier molecular flexibility index (Phi) is 5.36. The number of nitrogens with one attached hydrogen (secondary N) is 1. The van der Waals surface area contributed by atoms with E-state index in [1.165, 1.54) is 0 Å². The van der Waals surface area contributed by atoms with Crippen LogP contribution in [0, 0.1) is 0 Å². The lowest BCUT2D eigenvalue weighted by atomic mass is 10.2. The highest BCUT2D eigenvalue weighted by molar-refractivity contribution is 9.10. The summed E-state index contributed by atoms with van der Waals surface area (Å²) in [6.45, 7) is 4.11. The summed E-state index contributed by atoms with van der Waals surface area (Å²) in [6, 6.07) is 12.1. The second kappa shape index (κ2) is 7.26. The van der Waals surface area contributed by atoms with Crippen LogP contribution in [0.1, 0.15) is 18.1 Å². The van der Waals surface area contributed by atoms with E-state index in [4.69, 9.17) is 4.74 Å². The Labute approximate surface area is 122 Å². The third-order valence-electron chi connectivity index (χ3n) is 2.61. The summed E-state index contributed by atoms with van der Waals surface area (Å²) in [5.74, 6) is 0.901. The second-order valence-electron chi connectivity index (χ2n) is 4.20. The van der Waals surface area contributed by atoms with Crippen molar-refractivity contribution in [2.45, 2.75) is 20.1 Å². The van der Waals surface area contributed by atoms with Gasteiger partial charge >= 0.3 is 0 Å². The number of rotatable bonds is 6. The van der Waals surface area contributed by atoms with Crippen LogP contribution in [0.3, 0.4) is 0 Å². The fourth-order valence-electron chi connectivity index (χ4n) is 1.71. The zero-order chi connectivity index (χ0) is 13.5. The molecule has 1 N–H and O–H groups in total. The Hall–Kier alpha value is -1.39. The molecule has 0 amide bonds. The van der Waals surface area contributed by atoms with Gasteiger partial charge in [-0.3, -0.25) is 0 Å². The second-order valence-corrected chi connectivity index (χ2v) is 5.12. The van der Waals surface area contributed by atoms with Crippen LogP contribution in [0.4, 0.5) is 5.82 Å². The van der Waals surface area contributed by atoms with Crippen molar-refractivity contribution in [1.82, 2.24) is 4.98 Å². The molecular formula is C15H17BrN2O. The first-order valence-corrected chi connectivity index (χ1v) is 7.08. The molecule has 0 aliphatic heterocycles. The third-order valence-corrected chi connectivity index (χ3v) is 3.10. The molecule has 1 aromatic heterocycles. The first-order valence-electron chi connectivity index (χ1n) is 6.29. The van der Waals surface area contributed by atoms with Crippen LogP contribution in [0.5, 0.6) is 0 Å². The molecule has 0 atom stereocenters. The summed E-state index contributed by atoms with van der Waals surface area (Å²) in [5.41, 5.74) is 2.24. The van der Waals surface area contributed by atoms with Gasteiger partial charge in [0.1, 0.15) is 5.82 Å². The van der Waals surface area contributed by atoms with Crippen molar-refractivity contribution >= 4 is 21.7 Å². The highest BCUT2D eigenvalue weighted by Gasteiger charge is 1.98. The fraction of sp³-hybridized carbons (Fsp3) is 0.267. The highest BCUT2D eigenvalue weighted by Crippen LogP contribution is 2.13. The molecular weight excluding hydrogens is 304 g/mol. The molecule has 0 saturated heterocycles. The minimum Gasteiger partial charge on any atom is -0.372 e. The molecule has 0 aliphatic carbocycles. The van der Waals surface area contributed by atoms with Gasteiger partial charge in [-0.15, -0.1) is 0 Å². The van der Waals surface area contributed by atoms with Gasteiger partial charge in [0.25, 0.3) is 0 Å². The minimum atomic E-state index is 0.575. The number of pyridine rings is 1. The van der Waals surface area contributed by atoms with Crippen LogP contribution >= 0.6 is 15.9 Å². The first-order chi connectivity index (χ1) is 9.28. The number of hydrogen-bond acceptors (Lipinski definition) is 3. The standard InChI is InChI=1S/C15H17BrN2O/c1-2-17-15-7-6-13(9-18-15)11-19-10-12-4-3-5-14(16)8-12/h3-9H,2,10-11H2,1H3,(H,17,18). The van der Waals surface area contributed by atoms with Gasteiger partial charge in [-0.1, -0.05) is 34.1 Å². The Morgan fingerprint density at radius 1 is 1.16 bits per heavy atom. The van der Waals surface area contributed by atoms with Gasteiger partial charge in [-0.2, -0.15) is 0 Å². The van der Waals surface area contributed by atoms with E-state index >= 15 is 0 Å². The third kappa shape index (κ3) is 4.65. The Bertz CT molecular complexity index is 514. The molecule has 100 valence electrons. The van der Waals surface area contributed by atoms with Crippen molar-refractivity contribution in [2.75, 3.05) is 11.9 Å². The summed E-state index contributed by atoms with van der Waals surface area (Å²) in [6.07, 6.45) is 1.85. The minimum absolute atomic E-state index is 0.575. The quantitative estimate of drug-likeness (QED) is 0.873. The molecule has 0 fully saturated rings. The van der Waals surface area contributed by atoms with Gasteiger partial charge in [0.2, 0.25) is 0 Å². The normalized spacial score (nSPS) is 10.4. The molecule has 1 heterocycles. The predicted molar refractivity (Wildman–Crippen MR) is 81.0 cm³/mol. The van der Waals surface area contributed by atoms with E-state index < -0.39 is 0 Å². The number of anilines is 1. The van der Waals surface area contributed by atoms with E-state index in [1.54, 1.807) is 0 Å². The number of halogens is 1. The maximum atomic E-state index is 5.68. The molecule has 0 aliphatic rings. The largest absolute Gasteiger partial charge is 0.372 e. The van der Waals surface area contributed by atoms with Crippen molar-refractivity contribution in [2.24, 2.45) is 0 Å². The molecule has 0 unspecified atom stereocenters. The maximum Gasteiger partial charge on any atom is 0.125 e. The van der Waals surface area contributed by atoms with Crippen LogP contribution in [0.15, 0.2) is 47.1 Å². The number of nitrogens with zero attached hydrogens (tertiary/aromatic N) is 1. The highest BCUT2D eigenvalue weighted by atomic mass is 79.9. The summed E-state index contributed by atoms with van der Waals surface area (Å²) in [7, 11) is 0. The average Bonchev–Trinajstić information content (AvgIpc) is 2.41. The van der Waals surface area contributed by atoms with E-state index in [1.807, 2.05) is 30.5 Å². The monoisotopic (exact) mass is 320 g/mol. The molecule has 2 aromatic rings. The van der Waals surface area contributed by atoms with Crippen molar-refractivity contribution in [3.05, 3.63) is 58.2 Å². The van der Waals surface area contributed by atoms with Gasteiger partial charge in [0.05, 0.1) is 13.2 Å². The van der Waals surface area contributed by atoms with E-state index in [0.29, 0.717) is 13.2 Å². The van der Waals surface area contributed by atoms with Gasteiger partial charge in [-0.25, -0.2) is 4.98 Å². The van der Waals surface area contributed by atoms with E-state index in [0.717, 1.165) is 28.0 Å². The first kappa shape index (κ1) is 14.0. The lowest BCUT2D eigenvalue weighted by Gasteiger charge is -2.06. The maximum absolute atomic E-state index is 5.68. The molecule has 0 radical (unpaired) electrons. The van der Waals surface area contributed by atoms with Gasteiger partial charge in [-0.05, 0) is 36.2 Å². The predicted octanol–water partition coefficient (Wildman–Crippen LogP) is 3.99. The van der Waals surface area contributed by atoms with Gasteiger partial charge < -0.3 is 10.1 Å². The van der Waals surface area contributed by atoms with Crippen LogP contribution in [-0.4, -0.2) is 11.5 Å². The average molecular weight is 321 g/mol. The molecule has 19 heavy (non-hydrogen) atoms. The summed E-state index contributed by atoms with van der Waals surface area (Å²) in [5, 5.41) is 3.17. The smallest absolute Gasteiger partial charge is 0.125 e. The van der Waals surface area contributed by atoms with Crippen LogP contribution in [-0.2, 0) is 18.0 Å². The van der Waals surface area contributed by atoms with Gasteiger partial charge in [0.15, 0.2) is 0 Å². The summed E-state index contributed by atoms with van der Waals surface area (Å²) >= 11 is 3.45. The molecule has 0 spiro atoms. The Morgan fingerprint density at radius 3 is 2.68 bits per heavy atom. The van der Waals surface area contributed by atoms with Crippen LogP contribution in [0.2, 0.25) is 0 Å². The SMILES string of the molecule is CCNc1ccc(COCc2cccc(Br)c2)cn1. The van der Waals surface area contributed by atoms with E-state index in [-0.39, 0.29) is 0 Å². The molecule has 4 heteroatoms. The van der Waals surface area contributed by atoms with Gasteiger partial charge in [0, 0.05) is 17.2 Å². The number of aromatic nitrogens is 1. The number of benzene rings is 1. The molecule has 0 bridgehead atoms. The van der Waals surface area contributed by atoms with E-state index in [9.17, 15) is 0 Å². The Morgan fingerprint density at radius 2 is 2.00 bits per heavy atom. The summed E-state index contributed by atoms with van der Waals surface area (Å²) < 4.78 is 6.75.